The van der Waals surface area contributed by atoms with Gasteiger partial charge in [-0.2, -0.15) is 0 Å². The second-order valence-electron chi connectivity index (χ2n) is 7.00. The van der Waals surface area contributed by atoms with E-state index >= 15 is 0 Å². The molecule has 4 aromatic carbocycles. The van der Waals surface area contributed by atoms with E-state index in [0.29, 0.717) is 33.9 Å². The Labute approximate surface area is 174 Å². The van der Waals surface area contributed by atoms with Crippen molar-refractivity contribution >= 4 is 22.8 Å². The maximum Gasteiger partial charge on any atom is 0.125 e. The first kappa shape index (κ1) is 17.9. The Balaban J connectivity index is 1.91. The van der Waals surface area contributed by atoms with Crippen LogP contribution in [0.15, 0.2) is 107 Å². The Morgan fingerprint density at radius 1 is 0.433 bits per heavy atom. The van der Waals surface area contributed by atoms with Crippen LogP contribution in [0, 0.1) is 0 Å². The monoisotopic (exact) mass is 390 g/mol. The minimum absolute atomic E-state index is 0.0461. The van der Waals surface area contributed by atoms with Crippen LogP contribution in [0.5, 0.6) is 11.5 Å². The third-order valence-corrected chi connectivity index (χ3v) is 5.07. The van der Waals surface area contributed by atoms with Gasteiger partial charge in [-0.1, -0.05) is 72.8 Å². The van der Waals surface area contributed by atoms with Crippen molar-refractivity contribution in [1.29, 1.82) is 0 Å². The molecular formula is C26H18N2O2. The van der Waals surface area contributed by atoms with E-state index in [2.05, 4.69) is 0 Å². The van der Waals surface area contributed by atoms with Crippen LogP contribution in [0.1, 0.15) is 11.1 Å². The van der Waals surface area contributed by atoms with Crippen LogP contribution >= 0.6 is 0 Å². The molecule has 30 heavy (non-hydrogen) atoms. The fourth-order valence-corrected chi connectivity index (χ4v) is 3.70. The molecule has 1 aliphatic heterocycles. The van der Waals surface area contributed by atoms with Crippen molar-refractivity contribution in [1.82, 2.24) is 0 Å². The van der Waals surface area contributed by atoms with E-state index < -0.39 is 0 Å². The number of hydrogen-bond donors (Lipinski definition) is 2. The van der Waals surface area contributed by atoms with E-state index in [0.717, 1.165) is 11.1 Å². The molecule has 0 radical (unpaired) electrons. The van der Waals surface area contributed by atoms with Crippen LogP contribution in [0.2, 0.25) is 0 Å². The molecule has 144 valence electrons. The molecule has 0 amide bonds. The minimum atomic E-state index is 0.0461. The quantitative estimate of drug-likeness (QED) is 0.439. The molecular weight excluding hydrogens is 372 g/mol. The van der Waals surface area contributed by atoms with Crippen molar-refractivity contribution in [3.8, 4) is 22.6 Å². The predicted octanol–water partition coefficient (Wildman–Crippen LogP) is 6.02. The molecule has 0 bridgehead atoms. The number of phenolic OH excluding ortho intramolecular Hbond substituents is 2. The maximum absolute atomic E-state index is 10.7. The average Bonchev–Trinajstić information content (AvgIpc) is 2.77. The minimum Gasteiger partial charge on any atom is -0.507 e. The number of phenols is 2. The Bertz CT molecular complexity index is 1190. The van der Waals surface area contributed by atoms with Crippen LogP contribution in [0.4, 0.5) is 11.4 Å². The van der Waals surface area contributed by atoms with Gasteiger partial charge in [0.25, 0.3) is 0 Å². The van der Waals surface area contributed by atoms with Gasteiger partial charge in [0.15, 0.2) is 0 Å². The van der Waals surface area contributed by atoms with Gasteiger partial charge in [-0.3, -0.25) is 0 Å². The topological polar surface area (TPSA) is 65.2 Å². The summed E-state index contributed by atoms with van der Waals surface area (Å²) in [6.45, 7) is 0. The highest BCUT2D eigenvalue weighted by Crippen LogP contribution is 2.48. The Kier molecular flexibility index (Phi) is 4.37. The molecule has 1 heterocycles. The lowest BCUT2D eigenvalue weighted by Crippen LogP contribution is -2.17. The molecule has 0 fully saturated rings. The Morgan fingerprint density at radius 2 is 0.833 bits per heavy atom. The van der Waals surface area contributed by atoms with Gasteiger partial charge in [-0.25, -0.2) is 9.98 Å². The highest BCUT2D eigenvalue weighted by atomic mass is 16.3. The van der Waals surface area contributed by atoms with Crippen molar-refractivity contribution in [2.45, 2.75) is 0 Å². The van der Waals surface area contributed by atoms with Crippen molar-refractivity contribution in [2.24, 2.45) is 9.98 Å². The molecule has 0 aromatic heterocycles. The smallest absolute Gasteiger partial charge is 0.125 e. The van der Waals surface area contributed by atoms with Gasteiger partial charge >= 0.3 is 0 Å². The summed E-state index contributed by atoms with van der Waals surface area (Å²) in [5.74, 6) is 0.0922. The summed E-state index contributed by atoms with van der Waals surface area (Å²) in [7, 11) is 0. The largest absolute Gasteiger partial charge is 0.507 e. The second kappa shape index (κ2) is 7.33. The highest BCUT2D eigenvalue weighted by Gasteiger charge is 2.24. The van der Waals surface area contributed by atoms with Crippen molar-refractivity contribution in [3.63, 3.8) is 0 Å². The zero-order valence-corrected chi connectivity index (χ0v) is 16.0. The molecule has 0 saturated heterocycles. The van der Waals surface area contributed by atoms with Gasteiger partial charge in [0.05, 0.1) is 33.9 Å². The zero-order chi connectivity index (χ0) is 20.5. The van der Waals surface area contributed by atoms with Gasteiger partial charge in [0.1, 0.15) is 11.5 Å². The molecule has 2 N–H and O–H groups in total. The summed E-state index contributed by atoms with van der Waals surface area (Å²) in [4.78, 5) is 9.89. The first-order chi connectivity index (χ1) is 14.7. The molecule has 4 aromatic rings. The summed E-state index contributed by atoms with van der Waals surface area (Å²) in [6, 6.07) is 30.1. The van der Waals surface area contributed by atoms with Gasteiger partial charge < -0.3 is 10.2 Å². The number of nitrogens with zero attached hydrogens (tertiary/aromatic N) is 2. The second-order valence-corrected chi connectivity index (χ2v) is 7.00. The Hall–Kier alpha value is -4.18. The van der Waals surface area contributed by atoms with E-state index in [1.807, 2.05) is 72.8 Å². The van der Waals surface area contributed by atoms with E-state index in [1.165, 1.54) is 0 Å². The van der Waals surface area contributed by atoms with Crippen LogP contribution in [0.3, 0.4) is 0 Å². The van der Waals surface area contributed by atoms with Gasteiger partial charge in [0, 0.05) is 11.1 Å². The van der Waals surface area contributed by atoms with E-state index in [1.54, 1.807) is 24.3 Å². The fraction of sp³-hybridized carbons (Fsp3) is 0. The van der Waals surface area contributed by atoms with Crippen molar-refractivity contribution in [2.75, 3.05) is 0 Å². The fourth-order valence-electron chi connectivity index (χ4n) is 3.70. The average molecular weight is 390 g/mol. The lowest BCUT2D eigenvalue weighted by atomic mass is 9.95. The Morgan fingerprint density at radius 3 is 1.23 bits per heavy atom. The standard InChI is InChI=1S/C26H18N2O2/c29-21-15-7-13-19-23(21)24-20(14-8-16-22(24)30)28-26(18-11-5-2-6-12-18)25(27-19)17-9-3-1-4-10-17/h1-16,29-30H. The van der Waals surface area contributed by atoms with Crippen LogP contribution in [-0.4, -0.2) is 21.6 Å². The third-order valence-electron chi connectivity index (χ3n) is 5.07. The van der Waals surface area contributed by atoms with Gasteiger partial charge in [0.2, 0.25) is 0 Å². The first-order valence-electron chi connectivity index (χ1n) is 9.65. The third kappa shape index (κ3) is 3.05. The van der Waals surface area contributed by atoms with E-state index in [9.17, 15) is 10.2 Å². The molecule has 0 atom stereocenters. The number of aliphatic imine (C=N–C) groups is 2. The van der Waals surface area contributed by atoms with Crippen LogP contribution in [0.25, 0.3) is 11.1 Å². The van der Waals surface area contributed by atoms with E-state index in [-0.39, 0.29) is 11.5 Å². The SMILES string of the molecule is Oc1cccc2c1-c1c(O)cccc1N=C(c1ccccc1)C(c1ccccc1)=N2. The summed E-state index contributed by atoms with van der Waals surface area (Å²) in [6.07, 6.45) is 0. The summed E-state index contributed by atoms with van der Waals surface area (Å²) in [5.41, 5.74) is 5.30. The van der Waals surface area contributed by atoms with Gasteiger partial charge in [-0.15, -0.1) is 0 Å². The van der Waals surface area contributed by atoms with E-state index in [4.69, 9.17) is 9.98 Å². The van der Waals surface area contributed by atoms with Crippen LogP contribution in [-0.2, 0) is 0 Å². The van der Waals surface area contributed by atoms with Crippen molar-refractivity contribution in [3.05, 3.63) is 108 Å². The predicted molar refractivity (Wildman–Crippen MR) is 120 cm³/mol. The molecule has 0 unspecified atom stereocenters. The number of hydrogen-bond acceptors (Lipinski definition) is 4. The molecule has 5 rings (SSSR count). The summed E-state index contributed by atoms with van der Waals surface area (Å²) < 4.78 is 0. The molecule has 0 aliphatic carbocycles. The lowest BCUT2D eigenvalue weighted by Gasteiger charge is -2.19. The molecule has 1 aliphatic rings. The molecule has 4 heteroatoms. The molecule has 0 spiro atoms. The first-order valence-corrected chi connectivity index (χ1v) is 9.65. The number of aromatic hydroxyl groups is 2. The summed E-state index contributed by atoms with van der Waals surface area (Å²) in [5, 5.41) is 21.3. The normalized spacial score (nSPS) is 12.7. The van der Waals surface area contributed by atoms with Crippen molar-refractivity contribution < 1.29 is 10.2 Å². The van der Waals surface area contributed by atoms with Gasteiger partial charge in [-0.05, 0) is 24.3 Å². The number of fused-ring (bicyclic) bond motifs is 3. The molecule has 4 nitrogen and oxygen atoms in total. The lowest BCUT2D eigenvalue weighted by molar-refractivity contribution is 0.469. The summed E-state index contributed by atoms with van der Waals surface area (Å²) >= 11 is 0. The van der Waals surface area contributed by atoms with Crippen LogP contribution < -0.4 is 0 Å². The number of benzene rings is 4. The molecule has 0 saturated carbocycles. The number of rotatable bonds is 2. The maximum atomic E-state index is 10.7. The highest BCUT2D eigenvalue weighted by molar-refractivity contribution is 6.54. The zero-order valence-electron chi connectivity index (χ0n) is 16.0.